The van der Waals surface area contributed by atoms with Crippen molar-refractivity contribution < 1.29 is 19.0 Å². The first-order chi connectivity index (χ1) is 13.4. The number of nitrogens with zero attached hydrogens (tertiary/aromatic N) is 4. The lowest BCUT2D eigenvalue weighted by atomic mass is 9.92. The molecule has 0 radical (unpaired) electrons. The molecule has 1 N–H and O–H groups in total. The van der Waals surface area contributed by atoms with Gasteiger partial charge in [0.1, 0.15) is 29.8 Å². The predicted octanol–water partition coefficient (Wildman–Crippen LogP) is 1.94. The van der Waals surface area contributed by atoms with Gasteiger partial charge in [-0.1, -0.05) is 12.1 Å². The van der Waals surface area contributed by atoms with Crippen molar-refractivity contribution in [3.63, 3.8) is 0 Å². The molecular weight excluding hydrogens is 387 g/mol. The fourth-order valence-electron chi connectivity index (χ4n) is 3.36. The fourth-order valence-corrected chi connectivity index (χ4v) is 3.57. The number of rotatable bonds is 5. The van der Waals surface area contributed by atoms with Gasteiger partial charge in [0.15, 0.2) is 6.61 Å². The lowest BCUT2D eigenvalue weighted by Crippen LogP contribution is -2.49. The maximum atomic E-state index is 13.4. The van der Waals surface area contributed by atoms with E-state index in [2.05, 4.69) is 10.1 Å². The molecule has 2 unspecified atom stereocenters. The summed E-state index contributed by atoms with van der Waals surface area (Å²) in [5, 5.41) is 15.3. The Labute approximate surface area is 165 Å². The molecule has 2 heterocycles. The molecule has 146 valence electrons. The second kappa shape index (κ2) is 7.37. The first-order valence-corrected chi connectivity index (χ1v) is 9.19. The van der Waals surface area contributed by atoms with Crippen LogP contribution in [0, 0.1) is 5.82 Å². The Balaban J connectivity index is 1.71. The lowest BCUT2D eigenvalue weighted by Gasteiger charge is -2.39. The highest BCUT2D eigenvalue weighted by Gasteiger charge is 2.39. The molecule has 1 saturated heterocycles. The van der Waals surface area contributed by atoms with E-state index in [1.807, 2.05) is 6.08 Å². The molecule has 1 aromatic carbocycles. The summed E-state index contributed by atoms with van der Waals surface area (Å²) < 4.78 is 20.4. The molecule has 28 heavy (non-hydrogen) atoms. The minimum atomic E-state index is -1.54. The largest absolute Gasteiger partial charge is 0.482 e. The molecule has 2 aromatic rings. The van der Waals surface area contributed by atoms with Gasteiger partial charge in [-0.3, -0.25) is 4.79 Å². The predicted molar refractivity (Wildman–Crippen MR) is 98.4 cm³/mol. The van der Waals surface area contributed by atoms with Gasteiger partial charge in [0.25, 0.3) is 5.91 Å². The van der Waals surface area contributed by atoms with E-state index in [-0.39, 0.29) is 31.0 Å². The van der Waals surface area contributed by atoms with Crippen molar-refractivity contribution in [2.75, 3.05) is 13.2 Å². The van der Waals surface area contributed by atoms with Gasteiger partial charge in [-0.15, -0.1) is 11.6 Å². The number of carbonyl (C=O) groups is 1. The second-order valence-corrected chi connectivity index (χ2v) is 7.33. The second-order valence-electron chi connectivity index (χ2n) is 6.77. The van der Waals surface area contributed by atoms with Crippen molar-refractivity contribution in [3.8, 4) is 0 Å². The van der Waals surface area contributed by atoms with Crippen LogP contribution in [0.5, 0.6) is 0 Å². The third-order valence-electron chi connectivity index (χ3n) is 4.75. The van der Waals surface area contributed by atoms with E-state index < -0.39 is 11.4 Å². The highest BCUT2D eigenvalue weighted by atomic mass is 35.5. The summed E-state index contributed by atoms with van der Waals surface area (Å²) in [4.78, 5) is 18.0. The molecule has 2 aliphatic rings. The molecule has 1 aliphatic heterocycles. The molecule has 9 heteroatoms. The van der Waals surface area contributed by atoms with Crippen molar-refractivity contribution >= 4 is 17.5 Å². The highest BCUT2D eigenvalue weighted by Crippen LogP contribution is 2.33. The van der Waals surface area contributed by atoms with E-state index in [0.717, 1.165) is 0 Å². The zero-order valence-electron chi connectivity index (χ0n) is 14.8. The molecular formula is C19H18ClFN4O3. The number of fused-ring (bicyclic) bond motifs is 1. The summed E-state index contributed by atoms with van der Waals surface area (Å²) in [6.45, 7) is -0.174. The third kappa shape index (κ3) is 3.65. The molecule has 4 rings (SSSR count). The zero-order valence-corrected chi connectivity index (χ0v) is 15.6. The van der Waals surface area contributed by atoms with Crippen LogP contribution in [0.15, 0.2) is 60.5 Å². The number of alkyl halides is 1. The summed E-state index contributed by atoms with van der Waals surface area (Å²) in [5.74, 6) is -0.147. The van der Waals surface area contributed by atoms with Crippen LogP contribution in [-0.2, 0) is 21.7 Å². The molecule has 1 amide bonds. The molecule has 1 aliphatic carbocycles. The zero-order chi connectivity index (χ0) is 19.7. The Morgan fingerprint density at radius 3 is 2.82 bits per heavy atom. The van der Waals surface area contributed by atoms with E-state index in [1.54, 1.807) is 6.08 Å². The minimum absolute atomic E-state index is 0.0277. The number of halogens is 2. The molecule has 0 spiro atoms. The van der Waals surface area contributed by atoms with Crippen LogP contribution in [0.3, 0.4) is 0 Å². The van der Waals surface area contributed by atoms with Crippen LogP contribution in [0.1, 0.15) is 12.0 Å². The van der Waals surface area contributed by atoms with Crippen LogP contribution in [0.2, 0.25) is 0 Å². The number of ether oxygens (including phenoxy) is 1. The Hall–Kier alpha value is -2.71. The van der Waals surface area contributed by atoms with Crippen LogP contribution in [-0.4, -0.2) is 49.2 Å². The summed E-state index contributed by atoms with van der Waals surface area (Å²) in [6.07, 6.45) is 7.00. The van der Waals surface area contributed by atoms with Crippen molar-refractivity contribution in [2.24, 2.45) is 0 Å². The van der Waals surface area contributed by atoms with E-state index in [1.165, 1.54) is 46.5 Å². The average molecular weight is 405 g/mol. The van der Waals surface area contributed by atoms with Gasteiger partial charge >= 0.3 is 0 Å². The normalized spacial score (nSPS) is 21.3. The van der Waals surface area contributed by atoms with Gasteiger partial charge in [0, 0.05) is 0 Å². The topological polar surface area (TPSA) is 80.5 Å². The minimum Gasteiger partial charge on any atom is -0.482 e. The van der Waals surface area contributed by atoms with Crippen LogP contribution >= 0.6 is 11.6 Å². The van der Waals surface area contributed by atoms with E-state index in [9.17, 15) is 14.3 Å². The quantitative estimate of drug-likeness (QED) is 0.770. The SMILES string of the molecule is O=C1COC2=CCC(Cl)C=C2N1CC(O)(Cn1cncn1)c1ccc(F)cc1. The monoisotopic (exact) mass is 404 g/mol. The molecule has 2 atom stereocenters. The Kier molecular flexibility index (Phi) is 4.91. The fraction of sp³-hybridized carbons (Fsp3) is 0.316. The van der Waals surface area contributed by atoms with Crippen molar-refractivity contribution in [1.29, 1.82) is 0 Å². The number of hydrogen-bond acceptors (Lipinski definition) is 5. The first kappa shape index (κ1) is 18.6. The average Bonchev–Trinajstić information content (AvgIpc) is 3.17. The number of hydrogen-bond donors (Lipinski definition) is 1. The summed E-state index contributed by atoms with van der Waals surface area (Å²) in [5.41, 5.74) is -0.561. The Morgan fingerprint density at radius 1 is 1.32 bits per heavy atom. The maximum absolute atomic E-state index is 13.4. The molecule has 1 fully saturated rings. The van der Waals surface area contributed by atoms with Crippen molar-refractivity contribution in [2.45, 2.75) is 23.9 Å². The van der Waals surface area contributed by atoms with Crippen molar-refractivity contribution in [3.05, 3.63) is 71.9 Å². The lowest BCUT2D eigenvalue weighted by molar-refractivity contribution is -0.140. The number of benzene rings is 1. The number of allylic oxidation sites excluding steroid dienone is 2. The number of aliphatic hydroxyl groups is 1. The Bertz CT molecular complexity index is 929. The van der Waals surface area contributed by atoms with Crippen molar-refractivity contribution in [1.82, 2.24) is 19.7 Å². The Morgan fingerprint density at radius 2 is 2.11 bits per heavy atom. The number of carbonyl (C=O) groups excluding carboxylic acids is 1. The van der Waals surface area contributed by atoms with Gasteiger partial charge in [-0.25, -0.2) is 14.1 Å². The van der Waals surface area contributed by atoms with Crippen LogP contribution in [0.25, 0.3) is 0 Å². The van der Waals surface area contributed by atoms with Gasteiger partial charge in [-0.2, -0.15) is 5.10 Å². The van der Waals surface area contributed by atoms with Crippen LogP contribution in [0.4, 0.5) is 4.39 Å². The van der Waals surface area contributed by atoms with Gasteiger partial charge in [0.05, 0.1) is 24.2 Å². The van der Waals surface area contributed by atoms with E-state index >= 15 is 0 Å². The number of morpholine rings is 1. The standard InChI is InChI=1S/C19H18ClFN4O3/c20-14-3-6-17-16(7-14)25(18(26)8-28-17)10-19(27,9-24-12-22-11-23-24)13-1-4-15(21)5-2-13/h1-2,4-7,11-12,14,27H,3,8-10H2. The number of aromatic nitrogens is 3. The van der Waals surface area contributed by atoms with Crippen LogP contribution < -0.4 is 0 Å². The van der Waals surface area contributed by atoms with Gasteiger partial charge in [-0.05, 0) is 36.3 Å². The van der Waals surface area contributed by atoms with E-state index in [4.69, 9.17) is 16.3 Å². The third-order valence-corrected chi connectivity index (χ3v) is 5.06. The number of β-amino-alcohol motifs (C(OH)–C–C–N with tert-alkyl or cyclic N) is 1. The molecule has 0 saturated carbocycles. The summed E-state index contributed by atoms with van der Waals surface area (Å²) in [6, 6.07) is 5.52. The molecule has 0 bridgehead atoms. The summed E-state index contributed by atoms with van der Waals surface area (Å²) in [7, 11) is 0. The number of amides is 1. The first-order valence-electron chi connectivity index (χ1n) is 8.75. The van der Waals surface area contributed by atoms with E-state index in [0.29, 0.717) is 23.4 Å². The maximum Gasteiger partial charge on any atom is 0.265 e. The highest BCUT2D eigenvalue weighted by molar-refractivity contribution is 6.22. The van der Waals surface area contributed by atoms with Gasteiger partial charge < -0.3 is 14.7 Å². The van der Waals surface area contributed by atoms with Gasteiger partial charge in [0.2, 0.25) is 0 Å². The molecule has 7 nitrogen and oxygen atoms in total. The summed E-state index contributed by atoms with van der Waals surface area (Å²) >= 11 is 6.23. The smallest absolute Gasteiger partial charge is 0.265 e. The molecule has 1 aromatic heterocycles.